The van der Waals surface area contributed by atoms with Gasteiger partial charge in [0.1, 0.15) is 11.6 Å². The van der Waals surface area contributed by atoms with E-state index in [1.54, 1.807) is 4.90 Å². The van der Waals surface area contributed by atoms with Gasteiger partial charge in [-0.3, -0.25) is 14.5 Å². The summed E-state index contributed by atoms with van der Waals surface area (Å²) in [6.45, 7) is 3.97. The number of amides is 2. The molecule has 112 valence electrons. The van der Waals surface area contributed by atoms with Gasteiger partial charge >= 0.3 is 0 Å². The molecule has 3 rings (SSSR count). The number of hydrogen-bond donors (Lipinski definition) is 1. The van der Waals surface area contributed by atoms with Crippen LogP contribution in [0.3, 0.4) is 0 Å². The average Bonchev–Trinajstić information content (AvgIpc) is 2.93. The fourth-order valence-corrected chi connectivity index (χ4v) is 3.55. The number of hydrogen-bond acceptors (Lipinski definition) is 2. The van der Waals surface area contributed by atoms with Crippen molar-refractivity contribution >= 4 is 17.5 Å². The summed E-state index contributed by atoms with van der Waals surface area (Å²) < 4.78 is 0. The molecule has 0 radical (unpaired) electrons. The van der Waals surface area contributed by atoms with Crippen molar-refractivity contribution in [3.8, 4) is 0 Å². The molecule has 2 aliphatic rings. The maximum Gasteiger partial charge on any atom is 0.253 e. The lowest BCUT2D eigenvalue weighted by Crippen LogP contribution is -2.69. The lowest BCUT2D eigenvalue weighted by molar-refractivity contribution is -0.138. The van der Waals surface area contributed by atoms with E-state index < -0.39 is 11.6 Å². The molecule has 2 fully saturated rings. The number of anilines is 1. The summed E-state index contributed by atoms with van der Waals surface area (Å²) in [6.07, 6.45) is 4.16. The Morgan fingerprint density at radius 1 is 1.19 bits per heavy atom. The third kappa shape index (κ3) is 2.23. The molecule has 1 spiro atoms. The van der Waals surface area contributed by atoms with E-state index >= 15 is 0 Å². The zero-order chi connectivity index (χ0) is 15.0. The van der Waals surface area contributed by atoms with E-state index in [4.69, 9.17) is 0 Å². The molecule has 1 aliphatic carbocycles. The van der Waals surface area contributed by atoms with Crippen molar-refractivity contribution in [3.05, 3.63) is 29.8 Å². The normalized spacial score (nSPS) is 24.5. The summed E-state index contributed by atoms with van der Waals surface area (Å²) in [4.78, 5) is 27.3. The summed E-state index contributed by atoms with van der Waals surface area (Å²) in [5.41, 5.74) is 1.32. The van der Waals surface area contributed by atoms with Crippen LogP contribution in [-0.4, -0.2) is 23.4 Å². The van der Waals surface area contributed by atoms with Gasteiger partial charge in [-0.1, -0.05) is 37.5 Å². The number of aryl methyl sites for hydroxylation is 1. The maximum atomic E-state index is 13.1. The van der Waals surface area contributed by atoms with Crippen molar-refractivity contribution in [1.29, 1.82) is 0 Å². The van der Waals surface area contributed by atoms with E-state index in [0.717, 1.165) is 36.9 Å². The molecule has 4 nitrogen and oxygen atoms in total. The van der Waals surface area contributed by atoms with E-state index in [2.05, 4.69) is 5.32 Å². The highest BCUT2D eigenvalue weighted by molar-refractivity contribution is 6.11. The molecule has 1 aromatic carbocycles. The van der Waals surface area contributed by atoms with Gasteiger partial charge in [-0.2, -0.15) is 0 Å². The second kappa shape index (κ2) is 5.17. The molecule has 1 saturated carbocycles. The molecular formula is C17H22N2O2. The minimum atomic E-state index is -0.659. The Morgan fingerprint density at radius 3 is 2.38 bits per heavy atom. The fraction of sp³-hybridized carbons (Fsp3) is 0.529. The highest BCUT2D eigenvalue weighted by Gasteiger charge is 2.51. The predicted molar refractivity (Wildman–Crippen MR) is 82.1 cm³/mol. The van der Waals surface area contributed by atoms with Crippen LogP contribution in [0.15, 0.2) is 24.3 Å². The first kappa shape index (κ1) is 14.1. The van der Waals surface area contributed by atoms with Crippen molar-refractivity contribution in [2.45, 2.75) is 57.5 Å². The number of benzene rings is 1. The first-order valence-corrected chi connectivity index (χ1v) is 7.80. The highest BCUT2D eigenvalue weighted by Crippen LogP contribution is 2.37. The quantitative estimate of drug-likeness (QED) is 0.908. The van der Waals surface area contributed by atoms with Gasteiger partial charge in [0.25, 0.3) is 5.91 Å². The third-order valence-corrected chi connectivity index (χ3v) is 4.76. The van der Waals surface area contributed by atoms with Crippen molar-refractivity contribution in [2.24, 2.45) is 0 Å². The first-order chi connectivity index (χ1) is 10.1. The number of rotatable bonds is 2. The van der Waals surface area contributed by atoms with Crippen LogP contribution in [0.5, 0.6) is 0 Å². The van der Waals surface area contributed by atoms with Crippen molar-refractivity contribution in [3.63, 3.8) is 0 Å². The summed E-state index contributed by atoms with van der Waals surface area (Å²) in [5.74, 6) is 0.0508. The standard InChI is InChI=1S/C17H22N2O2/c1-3-14-15(20)18-17(10-4-5-11-17)16(21)19(14)13-8-6-12(2)7-9-13/h6-9,14H,3-5,10-11H2,1-2H3,(H,18,20). The zero-order valence-corrected chi connectivity index (χ0v) is 12.7. The van der Waals surface area contributed by atoms with Crippen LogP contribution in [0.25, 0.3) is 0 Å². The molecule has 1 aromatic rings. The van der Waals surface area contributed by atoms with Gasteiger partial charge in [0.2, 0.25) is 5.91 Å². The Hall–Kier alpha value is -1.84. The molecule has 1 saturated heterocycles. The van der Waals surface area contributed by atoms with Gasteiger partial charge in [0.05, 0.1) is 0 Å². The maximum absolute atomic E-state index is 13.1. The Labute approximate surface area is 125 Å². The summed E-state index contributed by atoms with van der Waals surface area (Å²) in [6, 6.07) is 7.46. The summed E-state index contributed by atoms with van der Waals surface area (Å²) in [5, 5.41) is 3.02. The number of nitrogens with one attached hydrogen (secondary N) is 1. The van der Waals surface area contributed by atoms with Gasteiger partial charge in [-0.05, 0) is 38.3 Å². The van der Waals surface area contributed by atoms with Crippen LogP contribution in [-0.2, 0) is 9.59 Å². The second-order valence-electron chi connectivity index (χ2n) is 6.21. The number of piperazine rings is 1. The van der Waals surface area contributed by atoms with Crippen LogP contribution >= 0.6 is 0 Å². The number of nitrogens with zero attached hydrogens (tertiary/aromatic N) is 1. The molecule has 2 amide bonds. The molecule has 1 heterocycles. The molecule has 4 heteroatoms. The monoisotopic (exact) mass is 286 g/mol. The third-order valence-electron chi connectivity index (χ3n) is 4.76. The van der Waals surface area contributed by atoms with E-state index in [1.165, 1.54) is 0 Å². The Balaban J connectivity index is 2.02. The Kier molecular flexibility index (Phi) is 3.47. The van der Waals surface area contributed by atoms with Crippen molar-refractivity contribution < 1.29 is 9.59 Å². The van der Waals surface area contributed by atoms with Crippen molar-refractivity contribution in [2.75, 3.05) is 4.90 Å². The van der Waals surface area contributed by atoms with Gasteiger partial charge in [-0.25, -0.2) is 0 Å². The lowest BCUT2D eigenvalue weighted by atomic mass is 9.89. The number of carbonyl (C=O) groups is 2. The molecule has 1 aliphatic heterocycles. The molecule has 21 heavy (non-hydrogen) atoms. The summed E-state index contributed by atoms with van der Waals surface area (Å²) in [7, 11) is 0. The topological polar surface area (TPSA) is 49.4 Å². The van der Waals surface area contributed by atoms with Crippen molar-refractivity contribution in [1.82, 2.24) is 5.32 Å². The lowest BCUT2D eigenvalue weighted by Gasteiger charge is -2.44. The fourth-order valence-electron chi connectivity index (χ4n) is 3.55. The van der Waals surface area contributed by atoms with Gasteiger partial charge < -0.3 is 5.32 Å². The predicted octanol–water partition coefficient (Wildman–Crippen LogP) is 2.55. The Morgan fingerprint density at radius 2 is 1.81 bits per heavy atom. The van der Waals surface area contributed by atoms with Crippen LogP contribution < -0.4 is 10.2 Å². The van der Waals surface area contributed by atoms with E-state index in [1.807, 2.05) is 38.1 Å². The van der Waals surface area contributed by atoms with Gasteiger partial charge in [0.15, 0.2) is 0 Å². The minimum Gasteiger partial charge on any atom is -0.340 e. The molecule has 1 atom stereocenters. The molecular weight excluding hydrogens is 264 g/mol. The van der Waals surface area contributed by atoms with Gasteiger partial charge in [-0.15, -0.1) is 0 Å². The molecule has 1 N–H and O–H groups in total. The van der Waals surface area contributed by atoms with Crippen LogP contribution in [0.4, 0.5) is 5.69 Å². The first-order valence-electron chi connectivity index (χ1n) is 7.80. The van der Waals surface area contributed by atoms with E-state index in [9.17, 15) is 9.59 Å². The molecule has 0 bridgehead atoms. The largest absolute Gasteiger partial charge is 0.340 e. The molecule has 1 unspecified atom stereocenters. The second-order valence-corrected chi connectivity index (χ2v) is 6.21. The smallest absolute Gasteiger partial charge is 0.253 e. The minimum absolute atomic E-state index is 0.0143. The van der Waals surface area contributed by atoms with Gasteiger partial charge in [0, 0.05) is 5.69 Å². The van der Waals surface area contributed by atoms with E-state index in [-0.39, 0.29) is 11.8 Å². The van der Waals surface area contributed by atoms with Crippen LogP contribution in [0.2, 0.25) is 0 Å². The zero-order valence-electron chi connectivity index (χ0n) is 12.7. The number of carbonyl (C=O) groups excluding carboxylic acids is 2. The molecule has 0 aromatic heterocycles. The SMILES string of the molecule is CCC1C(=O)NC2(CCCC2)C(=O)N1c1ccc(C)cc1. The van der Waals surface area contributed by atoms with Crippen LogP contribution in [0, 0.1) is 6.92 Å². The van der Waals surface area contributed by atoms with E-state index in [0.29, 0.717) is 6.42 Å². The average molecular weight is 286 g/mol. The van der Waals surface area contributed by atoms with Crippen LogP contribution in [0.1, 0.15) is 44.6 Å². The Bertz CT molecular complexity index is 559. The highest BCUT2D eigenvalue weighted by atomic mass is 16.2. The summed E-state index contributed by atoms with van der Waals surface area (Å²) >= 11 is 0.